The first kappa shape index (κ1) is 17.8. The Morgan fingerprint density at radius 3 is 2.39 bits per heavy atom. The molecule has 0 aromatic heterocycles. The predicted molar refractivity (Wildman–Crippen MR) is 90.6 cm³/mol. The number of amides is 1. The van der Waals surface area contributed by atoms with Crippen LogP contribution in [0.15, 0.2) is 18.2 Å². The second-order valence-electron chi connectivity index (χ2n) is 7.17. The molecule has 0 bridgehead atoms. The number of esters is 1. The number of aryl methyl sites for hydroxylation is 1. The van der Waals surface area contributed by atoms with Gasteiger partial charge in [0.05, 0.1) is 10.9 Å². The van der Waals surface area contributed by atoms with Gasteiger partial charge in [-0.1, -0.05) is 38.4 Å². The molecule has 1 heterocycles. The molecule has 0 saturated carbocycles. The molecule has 0 spiro atoms. The van der Waals surface area contributed by atoms with Gasteiger partial charge in [0.2, 0.25) is 5.91 Å². The maximum absolute atomic E-state index is 12.3. The Balaban J connectivity index is 1.94. The second-order valence-corrected chi connectivity index (χ2v) is 7.58. The van der Waals surface area contributed by atoms with Crippen LogP contribution in [0.4, 0.5) is 0 Å². The van der Waals surface area contributed by atoms with Gasteiger partial charge < -0.3 is 9.64 Å². The molecule has 1 aromatic rings. The molecule has 5 heteroatoms. The molecule has 2 rings (SSSR count). The minimum Gasteiger partial charge on any atom is -0.425 e. The lowest BCUT2D eigenvalue weighted by molar-refractivity contribution is -0.146. The summed E-state index contributed by atoms with van der Waals surface area (Å²) in [7, 11) is 0. The van der Waals surface area contributed by atoms with Crippen molar-refractivity contribution in [3.05, 3.63) is 28.8 Å². The monoisotopic (exact) mass is 337 g/mol. The predicted octanol–water partition coefficient (Wildman–Crippen LogP) is 3.84. The minimum atomic E-state index is -0.386. The van der Waals surface area contributed by atoms with Crippen molar-refractivity contribution in [1.29, 1.82) is 0 Å². The van der Waals surface area contributed by atoms with Crippen molar-refractivity contribution in [2.24, 2.45) is 11.3 Å². The number of carbonyl (C=O) groups excluding carboxylic acids is 2. The SMILES string of the molecule is Cc1ccc(Cl)c(OC(=O)C2CCN(C(=O)C(C)(C)C)CC2)c1. The van der Waals surface area contributed by atoms with Gasteiger partial charge in [-0.05, 0) is 37.5 Å². The van der Waals surface area contributed by atoms with Crippen molar-refractivity contribution in [1.82, 2.24) is 4.90 Å². The molecule has 0 atom stereocenters. The number of halogens is 1. The van der Waals surface area contributed by atoms with Crippen LogP contribution in [0.5, 0.6) is 5.75 Å². The summed E-state index contributed by atoms with van der Waals surface area (Å²) in [5.41, 5.74) is 0.602. The molecule has 0 unspecified atom stereocenters. The number of likely N-dealkylation sites (tertiary alicyclic amines) is 1. The zero-order valence-electron chi connectivity index (χ0n) is 14.2. The van der Waals surface area contributed by atoms with E-state index in [9.17, 15) is 9.59 Å². The standard InChI is InChI=1S/C18H24ClNO3/c1-12-5-6-14(19)15(11-12)23-16(21)13-7-9-20(10-8-13)17(22)18(2,3)4/h5-6,11,13H,7-10H2,1-4H3. The topological polar surface area (TPSA) is 46.6 Å². The lowest BCUT2D eigenvalue weighted by Gasteiger charge is -2.34. The molecule has 1 amide bonds. The summed E-state index contributed by atoms with van der Waals surface area (Å²) in [6, 6.07) is 5.36. The summed E-state index contributed by atoms with van der Waals surface area (Å²) in [6.45, 7) is 8.85. The third-order valence-electron chi connectivity index (χ3n) is 4.05. The van der Waals surface area contributed by atoms with E-state index >= 15 is 0 Å². The van der Waals surface area contributed by atoms with Crippen LogP contribution in [0.2, 0.25) is 5.02 Å². The highest BCUT2D eigenvalue weighted by Gasteiger charge is 2.33. The van der Waals surface area contributed by atoms with E-state index in [2.05, 4.69) is 0 Å². The summed E-state index contributed by atoms with van der Waals surface area (Å²) in [6.07, 6.45) is 1.26. The van der Waals surface area contributed by atoms with Gasteiger partial charge in [0.25, 0.3) is 0 Å². The zero-order valence-corrected chi connectivity index (χ0v) is 14.9. The third-order valence-corrected chi connectivity index (χ3v) is 4.37. The van der Waals surface area contributed by atoms with Crippen molar-refractivity contribution in [2.75, 3.05) is 13.1 Å². The maximum atomic E-state index is 12.3. The van der Waals surface area contributed by atoms with Crippen molar-refractivity contribution >= 4 is 23.5 Å². The molecular formula is C18H24ClNO3. The average Bonchev–Trinajstić information content (AvgIpc) is 2.49. The highest BCUT2D eigenvalue weighted by atomic mass is 35.5. The molecule has 0 aliphatic carbocycles. The van der Waals surface area contributed by atoms with E-state index in [0.717, 1.165) is 5.56 Å². The minimum absolute atomic E-state index is 0.131. The van der Waals surface area contributed by atoms with Gasteiger partial charge in [-0.2, -0.15) is 0 Å². The molecule has 0 N–H and O–H groups in total. The van der Waals surface area contributed by atoms with Crippen LogP contribution in [0.1, 0.15) is 39.2 Å². The lowest BCUT2D eigenvalue weighted by atomic mass is 9.91. The van der Waals surface area contributed by atoms with Crippen LogP contribution < -0.4 is 4.74 Å². The van der Waals surface area contributed by atoms with Gasteiger partial charge in [-0.3, -0.25) is 9.59 Å². The molecular weight excluding hydrogens is 314 g/mol. The van der Waals surface area contributed by atoms with Crippen LogP contribution in [-0.2, 0) is 9.59 Å². The Morgan fingerprint density at radius 1 is 1.22 bits per heavy atom. The van der Waals surface area contributed by atoms with Crippen LogP contribution in [0, 0.1) is 18.3 Å². The Hall–Kier alpha value is -1.55. The highest BCUT2D eigenvalue weighted by molar-refractivity contribution is 6.32. The van der Waals surface area contributed by atoms with E-state index < -0.39 is 0 Å². The van der Waals surface area contributed by atoms with Crippen molar-refractivity contribution in [3.63, 3.8) is 0 Å². The first-order valence-corrected chi connectivity index (χ1v) is 8.33. The summed E-state index contributed by atoms with van der Waals surface area (Å²) >= 11 is 6.06. The fraction of sp³-hybridized carbons (Fsp3) is 0.556. The van der Waals surface area contributed by atoms with Crippen LogP contribution >= 0.6 is 11.6 Å². The lowest BCUT2D eigenvalue weighted by Crippen LogP contribution is -2.45. The first-order chi connectivity index (χ1) is 10.7. The van der Waals surface area contributed by atoms with Gasteiger partial charge in [-0.25, -0.2) is 0 Å². The normalized spacial score (nSPS) is 16.3. The van der Waals surface area contributed by atoms with E-state index in [-0.39, 0.29) is 23.2 Å². The van der Waals surface area contributed by atoms with Crippen molar-refractivity contribution in [2.45, 2.75) is 40.5 Å². The summed E-state index contributed by atoms with van der Waals surface area (Å²) in [4.78, 5) is 26.4. The third kappa shape index (κ3) is 4.47. The molecule has 23 heavy (non-hydrogen) atoms. The Bertz CT molecular complexity index is 599. The van der Waals surface area contributed by atoms with Crippen LogP contribution in [0.25, 0.3) is 0 Å². The van der Waals surface area contributed by atoms with E-state index in [1.165, 1.54) is 0 Å². The van der Waals surface area contributed by atoms with E-state index in [1.807, 2.05) is 38.7 Å². The largest absolute Gasteiger partial charge is 0.425 e. The molecule has 1 aliphatic rings. The Kier molecular flexibility index (Phi) is 5.35. The number of ether oxygens (including phenoxy) is 1. The Labute approximate surface area is 142 Å². The van der Waals surface area contributed by atoms with Crippen molar-refractivity contribution < 1.29 is 14.3 Å². The number of benzene rings is 1. The number of carbonyl (C=O) groups is 2. The van der Waals surface area contributed by atoms with E-state index in [0.29, 0.717) is 36.7 Å². The number of rotatable bonds is 2. The molecule has 0 radical (unpaired) electrons. The molecule has 1 aromatic carbocycles. The first-order valence-electron chi connectivity index (χ1n) is 7.95. The molecule has 1 fully saturated rings. The van der Waals surface area contributed by atoms with E-state index in [4.69, 9.17) is 16.3 Å². The number of hydrogen-bond acceptors (Lipinski definition) is 3. The maximum Gasteiger partial charge on any atom is 0.314 e. The van der Waals surface area contributed by atoms with Gasteiger partial charge >= 0.3 is 5.97 Å². The highest BCUT2D eigenvalue weighted by Crippen LogP contribution is 2.28. The van der Waals surface area contributed by atoms with Crippen LogP contribution in [0.3, 0.4) is 0 Å². The second kappa shape index (κ2) is 6.91. The van der Waals surface area contributed by atoms with Crippen molar-refractivity contribution in [3.8, 4) is 5.75 Å². The molecule has 4 nitrogen and oxygen atoms in total. The van der Waals surface area contributed by atoms with Gasteiger partial charge in [0, 0.05) is 18.5 Å². The zero-order chi connectivity index (χ0) is 17.2. The van der Waals surface area contributed by atoms with Gasteiger partial charge in [0.1, 0.15) is 5.75 Å². The quantitative estimate of drug-likeness (QED) is 0.608. The van der Waals surface area contributed by atoms with Gasteiger partial charge in [-0.15, -0.1) is 0 Å². The number of hydrogen-bond donors (Lipinski definition) is 0. The molecule has 126 valence electrons. The van der Waals surface area contributed by atoms with Crippen LogP contribution in [-0.4, -0.2) is 29.9 Å². The fourth-order valence-corrected chi connectivity index (χ4v) is 2.83. The Morgan fingerprint density at radius 2 is 1.83 bits per heavy atom. The fourth-order valence-electron chi connectivity index (χ4n) is 2.67. The molecule has 1 saturated heterocycles. The summed E-state index contributed by atoms with van der Waals surface area (Å²) < 4.78 is 5.45. The van der Waals surface area contributed by atoms with E-state index in [1.54, 1.807) is 12.1 Å². The number of piperidine rings is 1. The smallest absolute Gasteiger partial charge is 0.314 e. The number of nitrogens with zero attached hydrogens (tertiary/aromatic N) is 1. The summed E-state index contributed by atoms with van der Waals surface area (Å²) in [5.74, 6) is 0.0897. The summed E-state index contributed by atoms with van der Waals surface area (Å²) in [5, 5.41) is 0.435. The molecule has 1 aliphatic heterocycles. The van der Waals surface area contributed by atoms with Gasteiger partial charge in [0.15, 0.2) is 0 Å². The average molecular weight is 338 g/mol.